The highest BCUT2D eigenvalue weighted by Crippen LogP contribution is 2.26. The maximum Gasteiger partial charge on any atom is 0.272 e. The van der Waals surface area contributed by atoms with Gasteiger partial charge in [-0.3, -0.25) is 14.3 Å². The van der Waals surface area contributed by atoms with E-state index in [1.165, 1.54) is 4.68 Å². The summed E-state index contributed by atoms with van der Waals surface area (Å²) in [6.07, 6.45) is 4.04. The molecular formula is C18H21ClN4O2. The smallest absolute Gasteiger partial charge is 0.272 e. The van der Waals surface area contributed by atoms with Crippen molar-refractivity contribution in [1.29, 1.82) is 0 Å². The molecule has 1 saturated carbocycles. The lowest BCUT2D eigenvalue weighted by Crippen LogP contribution is -2.23. The average Bonchev–Trinajstić information content (AvgIpc) is 3.24. The Bertz CT molecular complexity index is 781. The normalized spacial score (nSPS) is 14.5. The lowest BCUT2D eigenvalue weighted by Gasteiger charge is -2.09. The van der Waals surface area contributed by atoms with Gasteiger partial charge in [-0.1, -0.05) is 42.6 Å². The molecule has 2 N–H and O–H groups in total. The number of amides is 2. The van der Waals surface area contributed by atoms with Gasteiger partial charge in [-0.15, -0.1) is 0 Å². The van der Waals surface area contributed by atoms with Gasteiger partial charge in [-0.05, 0) is 24.5 Å². The zero-order chi connectivity index (χ0) is 17.8. The van der Waals surface area contributed by atoms with Gasteiger partial charge in [-0.2, -0.15) is 5.10 Å². The Morgan fingerprint density at radius 3 is 2.72 bits per heavy atom. The van der Waals surface area contributed by atoms with Crippen molar-refractivity contribution in [3.63, 3.8) is 0 Å². The van der Waals surface area contributed by atoms with Crippen molar-refractivity contribution >= 4 is 29.2 Å². The number of aryl methyl sites for hydroxylation is 1. The molecule has 1 aliphatic rings. The molecule has 7 heteroatoms. The highest BCUT2D eigenvalue weighted by atomic mass is 35.5. The van der Waals surface area contributed by atoms with E-state index in [4.69, 9.17) is 11.6 Å². The fourth-order valence-corrected chi connectivity index (χ4v) is 3.22. The van der Waals surface area contributed by atoms with Crippen LogP contribution in [0.3, 0.4) is 0 Å². The first kappa shape index (κ1) is 17.5. The lowest BCUT2D eigenvalue weighted by atomic mass is 10.1. The van der Waals surface area contributed by atoms with Crippen molar-refractivity contribution in [2.45, 2.75) is 32.2 Å². The third-order valence-corrected chi connectivity index (χ3v) is 4.86. The molecule has 0 bridgehead atoms. The van der Waals surface area contributed by atoms with Crippen molar-refractivity contribution in [3.8, 4) is 0 Å². The minimum atomic E-state index is -0.308. The van der Waals surface area contributed by atoms with Crippen molar-refractivity contribution in [3.05, 3.63) is 46.6 Å². The molecule has 1 aromatic carbocycles. The van der Waals surface area contributed by atoms with Crippen molar-refractivity contribution in [2.75, 3.05) is 5.32 Å². The summed E-state index contributed by atoms with van der Waals surface area (Å²) in [7, 11) is 1.70. The number of carbonyl (C=O) groups is 2. The molecule has 132 valence electrons. The van der Waals surface area contributed by atoms with Crippen molar-refractivity contribution in [2.24, 2.45) is 13.0 Å². The van der Waals surface area contributed by atoms with Crippen LogP contribution < -0.4 is 10.6 Å². The van der Waals surface area contributed by atoms with Gasteiger partial charge in [0, 0.05) is 30.6 Å². The monoisotopic (exact) mass is 360 g/mol. The number of nitrogens with zero attached hydrogens (tertiary/aromatic N) is 2. The molecular weight excluding hydrogens is 340 g/mol. The van der Waals surface area contributed by atoms with Crippen LogP contribution in [0.4, 0.5) is 5.82 Å². The second kappa shape index (κ2) is 7.70. The molecule has 1 aromatic heterocycles. The van der Waals surface area contributed by atoms with Crippen LogP contribution in [0.15, 0.2) is 30.3 Å². The Labute approximate surface area is 151 Å². The zero-order valence-electron chi connectivity index (χ0n) is 14.1. The van der Waals surface area contributed by atoms with E-state index in [0.29, 0.717) is 17.4 Å². The number of aromatic nitrogens is 2. The first-order chi connectivity index (χ1) is 12.0. The first-order valence-corrected chi connectivity index (χ1v) is 8.79. The van der Waals surface area contributed by atoms with Gasteiger partial charge < -0.3 is 10.6 Å². The van der Waals surface area contributed by atoms with Crippen LogP contribution in [-0.2, 0) is 18.4 Å². The minimum absolute atomic E-state index is 0.00326. The second-order valence-electron chi connectivity index (χ2n) is 6.28. The predicted molar refractivity (Wildman–Crippen MR) is 96.4 cm³/mol. The van der Waals surface area contributed by atoms with Gasteiger partial charge in [0.2, 0.25) is 5.91 Å². The number of halogens is 1. The van der Waals surface area contributed by atoms with Crippen LogP contribution in [0.25, 0.3) is 0 Å². The number of benzene rings is 1. The largest absolute Gasteiger partial charge is 0.347 e. The quantitative estimate of drug-likeness (QED) is 0.860. The van der Waals surface area contributed by atoms with Gasteiger partial charge in [0.05, 0.1) is 0 Å². The number of hydrogen-bond acceptors (Lipinski definition) is 3. The number of rotatable bonds is 5. The topological polar surface area (TPSA) is 76.0 Å². The molecule has 2 amide bonds. The minimum Gasteiger partial charge on any atom is -0.347 e. The molecule has 0 radical (unpaired) electrons. The maximum atomic E-state index is 12.3. The van der Waals surface area contributed by atoms with E-state index < -0.39 is 0 Å². The fourth-order valence-electron chi connectivity index (χ4n) is 3.02. The highest BCUT2D eigenvalue weighted by molar-refractivity contribution is 6.31. The molecule has 0 atom stereocenters. The van der Waals surface area contributed by atoms with Crippen LogP contribution in [0, 0.1) is 5.92 Å². The molecule has 0 spiro atoms. The van der Waals surface area contributed by atoms with E-state index in [-0.39, 0.29) is 23.4 Å². The van der Waals surface area contributed by atoms with Gasteiger partial charge in [0.15, 0.2) is 5.69 Å². The Morgan fingerprint density at radius 1 is 1.28 bits per heavy atom. The Kier molecular flexibility index (Phi) is 5.38. The molecule has 25 heavy (non-hydrogen) atoms. The number of carbonyl (C=O) groups excluding carboxylic acids is 2. The van der Waals surface area contributed by atoms with Crippen LogP contribution in [-0.4, -0.2) is 21.6 Å². The highest BCUT2D eigenvalue weighted by Gasteiger charge is 2.24. The molecule has 1 aliphatic carbocycles. The summed E-state index contributed by atoms with van der Waals surface area (Å²) in [6, 6.07) is 8.93. The van der Waals surface area contributed by atoms with E-state index in [9.17, 15) is 9.59 Å². The van der Waals surface area contributed by atoms with E-state index >= 15 is 0 Å². The van der Waals surface area contributed by atoms with Crippen molar-refractivity contribution < 1.29 is 9.59 Å². The van der Waals surface area contributed by atoms with E-state index in [0.717, 1.165) is 31.2 Å². The molecule has 0 aliphatic heterocycles. The van der Waals surface area contributed by atoms with Crippen molar-refractivity contribution in [1.82, 2.24) is 15.1 Å². The average molecular weight is 361 g/mol. The van der Waals surface area contributed by atoms with Crippen LogP contribution in [0.1, 0.15) is 41.7 Å². The van der Waals surface area contributed by atoms with Crippen LogP contribution >= 0.6 is 11.6 Å². The summed E-state index contributed by atoms with van der Waals surface area (Å²) in [6.45, 7) is 0.318. The molecule has 0 unspecified atom stereocenters. The van der Waals surface area contributed by atoms with Crippen LogP contribution in [0.2, 0.25) is 5.02 Å². The predicted octanol–water partition coefficient (Wildman–Crippen LogP) is 3.13. The summed E-state index contributed by atoms with van der Waals surface area (Å²) >= 11 is 6.08. The van der Waals surface area contributed by atoms with E-state index in [2.05, 4.69) is 15.7 Å². The Morgan fingerprint density at radius 2 is 2.00 bits per heavy atom. The molecule has 2 aromatic rings. The van der Waals surface area contributed by atoms with Crippen LogP contribution in [0.5, 0.6) is 0 Å². The fraction of sp³-hybridized carbons (Fsp3) is 0.389. The van der Waals surface area contributed by atoms with Gasteiger partial charge in [0.1, 0.15) is 5.82 Å². The zero-order valence-corrected chi connectivity index (χ0v) is 14.8. The van der Waals surface area contributed by atoms with E-state index in [1.54, 1.807) is 19.2 Å². The summed E-state index contributed by atoms with van der Waals surface area (Å²) in [5.74, 6) is 0.285. The summed E-state index contributed by atoms with van der Waals surface area (Å²) < 4.78 is 1.51. The molecule has 1 heterocycles. The van der Waals surface area contributed by atoms with Gasteiger partial charge in [0.25, 0.3) is 5.91 Å². The van der Waals surface area contributed by atoms with Gasteiger partial charge >= 0.3 is 0 Å². The lowest BCUT2D eigenvalue weighted by molar-refractivity contribution is -0.119. The Hall–Kier alpha value is -2.34. The molecule has 3 rings (SSSR count). The SMILES string of the molecule is Cn1nc(C(=O)NCc2ccccc2Cl)cc1NC(=O)C1CCCC1. The first-order valence-electron chi connectivity index (χ1n) is 8.41. The second-order valence-corrected chi connectivity index (χ2v) is 6.69. The third kappa shape index (κ3) is 4.20. The van der Waals surface area contributed by atoms with Gasteiger partial charge in [-0.25, -0.2) is 0 Å². The molecule has 1 fully saturated rings. The summed E-state index contributed by atoms with van der Waals surface area (Å²) in [5.41, 5.74) is 1.10. The number of hydrogen-bond donors (Lipinski definition) is 2. The standard InChI is InChI=1S/C18H21ClN4O2/c1-23-16(21-17(24)12-6-2-3-7-12)10-15(22-23)18(25)20-11-13-8-4-5-9-14(13)19/h4-5,8-10,12H,2-3,6-7,11H2,1H3,(H,20,25)(H,21,24). The number of anilines is 1. The van der Waals surface area contributed by atoms with E-state index in [1.807, 2.05) is 18.2 Å². The third-order valence-electron chi connectivity index (χ3n) is 4.49. The summed E-state index contributed by atoms with van der Waals surface area (Å²) in [4.78, 5) is 24.5. The summed E-state index contributed by atoms with van der Waals surface area (Å²) in [5, 5.41) is 10.5. The molecule has 0 saturated heterocycles. The molecule has 6 nitrogen and oxygen atoms in total. The number of nitrogens with one attached hydrogen (secondary N) is 2. The maximum absolute atomic E-state index is 12.3. The Balaban J connectivity index is 1.62.